The molecule has 2 rings (SSSR count). The van der Waals surface area contributed by atoms with E-state index in [2.05, 4.69) is 9.97 Å². The fourth-order valence-electron chi connectivity index (χ4n) is 3.24. The van der Waals surface area contributed by atoms with E-state index in [1.807, 2.05) is 6.92 Å². The van der Waals surface area contributed by atoms with Crippen molar-refractivity contribution in [1.82, 2.24) is 9.97 Å². The van der Waals surface area contributed by atoms with Crippen LogP contribution >= 0.6 is 0 Å². The van der Waals surface area contributed by atoms with E-state index in [0.29, 0.717) is 23.8 Å². The average molecular weight is 292 g/mol. The molecule has 21 heavy (non-hydrogen) atoms. The molecule has 5 heteroatoms. The van der Waals surface area contributed by atoms with Gasteiger partial charge in [-0.15, -0.1) is 0 Å². The van der Waals surface area contributed by atoms with Crippen molar-refractivity contribution in [2.45, 2.75) is 64.9 Å². The first-order valence-electron chi connectivity index (χ1n) is 7.73. The molecule has 1 aliphatic rings. The lowest BCUT2D eigenvalue weighted by atomic mass is 9.92. The van der Waals surface area contributed by atoms with Crippen LogP contribution in [0.15, 0.2) is 0 Å². The van der Waals surface area contributed by atoms with E-state index in [0.717, 1.165) is 25.7 Å². The quantitative estimate of drug-likeness (QED) is 0.861. The maximum atomic E-state index is 11.3. The van der Waals surface area contributed by atoms with E-state index < -0.39 is 11.6 Å². The summed E-state index contributed by atoms with van der Waals surface area (Å²) in [7, 11) is 0. The minimum Gasteiger partial charge on any atom is -0.478 e. The molecule has 0 bridgehead atoms. The van der Waals surface area contributed by atoms with Crippen molar-refractivity contribution >= 4 is 5.97 Å². The Balaban J connectivity index is 2.47. The van der Waals surface area contributed by atoms with Crippen LogP contribution in [0.25, 0.3) is 0 Å². The van der Waals surface area contributed by atoms with Gasteiger partial charge in [-0.05, 0) is 33.6 Å². The van der Waals surface area contributed by atoms with Crippen molar-refractivity contribution in [3.63, 3.8) is 0 Å². The summed E-state index contributed by atoms with van der Waals surface area (Å²) >= 11 is 0. The molecule has 0 radical (unpaired) electrons. The van der Waals surface area contributed by atoms with Crippen molar-refractivity contribution < 1.29 is 14.6 Å². The van der Waals surface area contributed by atoms with Crippen LogP contribution < -0.4 is 0 Å². The Morgan fingerprint density at radius 2 is 1.67 bits per heavy atom. The summed E-state index contributed by atoms with van der Waals surface area (Å²) in [5.74, 6) is -0.311. The molecule has 0 atom stereocenters. The third-order valence-electron chi connectivity index (χ3n) is 4.22. The number of carboxylic acid groups (broad SMARTS) is 1. The van der Waals surface area contributed by atoms with Gasteiger partial charge in [0.25, 0.3) is 0 Å². The Morgan fingerprint density at radius 3 is 2.10 bits per heavy atom. The smallest absolute Gasteiger partial charge is 0.339 e. The zero-order valence-corrected chi connectivity index (χ0v) is 13.1. The molecule has 0 unspecified atom stereocenters. The molecule has 0 saturated heterocycles. The standard InChI is InChI=1S/C16H24N2O3/c1-4-21-16(9-7-5-6-8-10-16)15-17-11(2)13(14(19)20)12(3)18-15/h4-10H2,1-3H3,(H,19,20). The first-order chi connectivity index (χ1) is 10.00. The molecule has 1 aromatic heterocycles. The Hall–Kier alpha value is -1.49. The Morgan fingerprint density at radius 1 is 1.14 bits per heavy atom. The second kappa shape index (κ2) is 6.52. The second-order valence-corrected chi connectivity index (χ2v) is 5.74. The van der Waals surface area contributed by atoms with Crippen LogP contribution in [-0.4, -0.2) is 27.7 Å². The molecule has 1 fully saturated rings. The molecule has 5 nitrogen and oxygen atoms in total. The van der Waals surface area contributed by atoms with Gasteiger partial charge < -0.3 is 9.84 Å². The highest BCUT2D eigenvalue weighted by Gasteiger charge is 2.37. The summed E-state index contributed by atoms with van der Waals surface area (Å²) in [6.07, 6.45) is 6.43. The van der Waals surface area contributed by atoms with Crippen LogP contribution in [0, 0.1) is 13.8 Å². The average Bonchev–Trinajstić information content (AvgIpc) is 2.64. The summed E-state index contributed by atoms with van der Waals surface area (Å²) in [6.45, 7) is 6.07. The van der Waals surface area contributed by atoms with E-state index in [1.165, 1.54) is 12.8 Å². The van der Waals surface area contributed by atoms with Gasteiger partial charge in [0, 0.05) is 6.61 Å². The number of aromatic carboxylic acids is 1. The normalized spacial score (nSPS) is 18.2. The minimum atomic E-state index is -0.970. The predicted octanol–water partition coefficient (Wildman–Crippen LogP) is 3.38. The number of nitrogens with zero attached hydrogens (tertiary/aromatic N) is 2. The first kappa shape index (κ1) is 15.9. The molecular formula is C16H24N2O3. The molecule has 1 saturated carbocycles. The van der Waals surface area contributed by atoms with E-state index in [4.69, 9.17) is 4.74 Å². The van der Waals surface area contributed by atoms with Crippen LogP contribution in [0.5, 0.6) is 0 Å². The fourth-order valence-corrected chi connectivity index (χ4v) is 3.24. The van der Waals surface area contributed by atoms with Crippen molar-refractivity contribution in [3.8, 4) is 0 Å². The first-order valence-corrected chi connectivity index (χ1v) is 7.73. The SMILES string of the molecule is CCOC1(c2nc(C)c(C(=O)O)c(C)n2)CCCCCC1. The van der Waals surface area contributed by atoms with Gasteiger partial charge in [0.2, 0.25) is 0 Å². The third kappa shape index (κ3) is 3.23. The summed E-state index contributed by atoms with van der Waals surface area (Å²) in [4.78, 5) is 20.3. The minimum absolute atomic E-state index is 0.207. The highest BCUT2D eigenvalue weighted by Crippen LogP contribution is 2.38. The second-order valence-electron chi connectivity index (χ2n) is 5.74. The summed E-state index contributed by atoms with van der Waals surface area (Å²) in [5.41, 5.74) is 0.804. The topological polar surface area (TPSA) is 72.3 Å². The molecule has 0 aromatic carbocycles. The number of hydrogen-bond acceptors (Lipinski definition) is 4. The summed E-state index contributed by atoms with van der Waals surface area (Å²) in [6, 6.07) is 0. The monoisotopic (exact) mass is 292 g/mol. The number of carbonyl (C=O) groups is 1. The van der Waals surface area contributed by atoms with Crippen LogP contribution in [-0.2, 0) is 10.3 Å². The lowest BCUT2D eigenvalue weighted by molar-refractivity contribution is -0.0626. The summed E-state index contributed by atoms with van der Waals surface area (Å²) in [5, 5.41) is 9.25. The van der Waals surface area contributed by atoms with Crippen molar-refractivity contribution in [2.24, 2.45) is 0 Å². The zero-order chi connectivity index (χ0) is 15.5. The molecule has 0 spiro atoms. The van der Waals surface area contributed by atoms with Gasteiger partial charge >= 0.3 is 5.97 Å². The lowest BCUT2D eigenvalue weighted by Gasteiger charge is -2.31. The van der Waals surface area contributed by atoms with Crippen molar-refractivity contribution in [3.05, 3.63) is 22.8 Å². The van der Waals surface area contributed by atoms with Crippen molar-refractivity contribution in [2.75, 3.05) is 6.61 Å². The molecule has 116 valence electrons. The number of hydrogen-bond donors (Lipinski definition) is 1. The Kier molecular flexibility index (Phi) is 4.93. The molecule has 0 amide bonds. The molecule has 0 aliphatic heterocycles. The highest BCUT2D eigenvalue weighted by atomic mass is 16.5. The van der Waals surface area contributed by atoms with Crippen molar-refractivity contribution in [1.29, 1.82) is 0 Å². The highest BCUT2D eigenvalue weighted by molar-refractivity contribution is 5.89. The maximum Gasteiger partial charge on any atom is 0.339 e. The maximum absolute atomic E-state index is 11.3. The number of ether oxygens (including phenoxy) is 1. The van der Waals surface area contributed by atoms with Gasteiger partial charge in [0.05, 0.1) is 11.4 Å². The Labute approximate surface area is 125 Å². The van der Waals surface area contributed by atoms with Crippen LogP contribution in [0.4, 0.5) is 0 Å². The van der Waals surface area contributed by atoms with E-state index in [-0.39, 0.29) is 5.56 Å². The van der Waals surface area contributed by atoms with E-state index >= 15 is 0 Å². The van der Waals surface area contributed by atoms with Gasteiger partial charge in [-0.25, -0.2) is 14.8 Å². The van der Waals surface area contributed by atoms with Gasteiger partial charge in [-0.2, -0.15) is 0 Å². The van der Waals surface area contributed by atoms with Gasteiger partial charge in [0.1, 0.15) is 11.2 Å². The molecule has 1 aliphatic carbocycles. The van der Waals surface area contributed by atoms with Gasteiger partial charge in [-0.3, -0.25) is 0 Å². The third-order valence-corrected chi connectivity index (χ3v) is 4.22. The number of aromatic nitrogens is 2. The van der Waals surface area contributed by atoms with Gasteiger partial charge in [-0.1, -0.05) is 25.7 Å². The number of rotatable bonds is 4. The van der Waals surface area contributed by atoms with Crippen LogP contribution in [0.1, 0.15) is 73.0 Å². The zero-order valence-electron chi connectivity index (χ0n) is 13.1. The fraction of sp³-hybridized carbons (Fsp3) is 0.688. The Bertz CT molecular complexity index is 497. The lowest BCUT2D eigenvalue weighted by Crippen LogP contribution is -2.33. The molecule has 1 aromatic rings. The van der Waals surface area contributed by atoms with Crippen LogP contribution in [0.3, 0.4) is 0 Å². The number of aryl methyl sites for hydroxylation is 2. The van der Waals surface area contributed by atoms with Gasteiger partial charge in [0.15, 0.2) is 5.82 Å². The van der Waals surface area contributed by atoms with E-state index in [9.17, 15) is 9.90 Å². The summed E-state index contributed by atoms with van der Waals surface area (Å²) < 4.78 is 6.07. The molecule has 1 N–H and O–H groups in total. The van der Waals surface area contributed by atoms with Crippen LogP contribution in [0.2, 0.25) is 0 Å². The largest absolute Gasteiger partial charge is 0.478 e. The predicted molar refractivity (Wildman–Crippen MR) is 79.5 cm³/mol. The number of carboxylic acids is 1. The van der Waals surface area contributed by atoms with E-state index in [1.54, 1.807) is 13.8 Å². The molecule has 1 heterocycles. The molecular weight excluding hydrogens is 268 g/mol.